The molecule has 1 heterocycles. The minimum atomic E-state index is -3.92. The second kappa shape index (κ2) is 9.86. The molecule has 1 aromatic heterocycles. The second-order valence-corrected chi connectivity index (χ2v) is 9.57. The summed E-state index contributed by atoms with van der Waals surface area (Å²) >= 11 is 0.767. The Morgan fingerprint density at radius 2 is 1.71 bits per heavy atom. The van der Waals surface area contributed by atoms with Gasteiger partial charge in [-0.05, 0) is 50.2 Å². The van der Waals surface area contributed by atoms with E-state index in [0.717, 1.165) is 16.9 Å². The predicted molar refractivity (Wildman–Crippen MR) is 117 cm³/mol. The topological polar surface area (TPSA) is 120 Å². The van der Waals surface area contributed by atoms with Crippen molar-refractivity contribution in [1.29, 1.82) is 0 Å². The zero-order chi connectivity index (χ0) is 22.4. The molecule has 9 nitrogen and oxygen atoms in total. The van der Waals surface area contributed by atoms with Crippen molar-refractivity contribution in [3.8, 4) is 11.5 Å². The molecule has 1 amide bonds. The summed E-state index contributed by atoms with van der Waals surface area (Å²) in [6.45, 7) is 3.70. The van der Waals surface area contributed by atoms with Gasteiger partial charge in [0.05, 0.1) is 13.2 Å². The van der Waals surface area contributed by atoms with Crippen LogP contribution in [-0.4, -0.2) is 44.3 Å². The Balaban J connectivity index is 1.56. The summed E-state index contributed by atoms with van der Waals surface area (Å²) in [6, 6.07) is 13.4. The van der Waals surface area contributed by atoms with Crippen LogP contribution in [0.25, 0.3) is 0 Å². The minimum absolute atomic E-state index is 0.0908. The number of hydrogen-bond donors (Lipinski definition) is 2. The van der Waals surface area contributed by atoms with Crippen LogP contribution < -0.4 is 19.5 Å². The summed E-state index contributed by atoms with van der Waals surface area (Å²) in [5.41, 5.74) is 1.46. The highest BCUT2D eigenvalue weighted by Gasteiger charge is 2.23. The zero-order valence-corrected chi connectivity index (χ0v) is 18.8. The van der Waals surface area contributed by atoms with E-state index >= 15 is 0 Å². The lowest BCUT2D eigenvalue weighted by Crippen LogP contribution is -2.36. The number of benzene rings is 2. The molecule has 0 aliphatic heterocycles. The average molecular weight is 463 g/mol. The molecule has 3 rings (SSSR count). The first-order chi connectivity index (χ1) is 14.8. The van der Waals surface area contributed by atoms with Gasteiger partial charge >= 0.3 is 0 Å². The van der Waals surface area contributed by atoms with Crippen molar-refractivity contribution in [3.05, 3.63) is 59.7 Å². The molecule has 0 saturated heterocycles. The number of nitrogens with one attached hydrogen (secondary N) is 2. The van der Waals surface area contributed by atoms with Gasteiger partial charge in [-0.3, -0.25) is 10.1 Å². The second-order valence-electron chi connectivity index (χ2n) is 6.70. The van der Waals surface area contributed by atoms with Crippen LogP contribution in [0.1, 0.15) is 22.8 Å². The Morgan fingerprint density at radius 1 is 1.06 bits per heavy atom. The Morgan fingerprint density at radius 3 is 2.35 bits per heavy atom. The van der Waals surface area contributed by atoms with Gasteiger partial charge in [0.15, 0.2) is 0 Å². The molecule has 31 heavy (non-hydrogen) atoms. The number of carbonyl (C=O) groups is 1. The van der Waals surface area contributed by atoms with Crippen molar-refractivity contribution in [3.63, 3.8) is 0 Å². The van der Waals surface area contributed by atoms with Gasteiger partial charge in [0.2, 0.25) is 9.47 Å². The molecular formula is C20H22N4O5S2. The number of rotatable bonds is 9. The molecular weight excluding hydrogens is 440 g/mol. The normalized spacial score (nSPS) is 12.2. The van der Waals surface area contributed by atoms with Gasteiger partial charge < -0.3 is 9.47 Å². The molecule has 0 fully saturated rings. The quantitative estimate of drug-likeness (QED) is 0.469. The third-order valence-electron chi connectivity index (χ3n) is 4.09. The molecule has 164 valence electrons. The molecule has 2 N–H and O–H groups in total. The van der Waals surface area contributed by atoms with E-state index in [1.807, 2.05) is 19.1 Å². The van der Waals surface area contributed by atoms with E-state index in [1.54, 1.807) is 50.4 Å². The fourth-order valence-electron chi connectivity index (χ4n) is 2.49. The summed E-state index contributed by atoms with van der Waals surface area (Å²) in [5.74, 6) is 0.890. The summed E-state index contributed by atoms with van der Waals surface area (Å²) in [7, 11) is -2.35. The van der Waals surface area contributed by atoms with Crippen LogP contribution in [0.15, 0.2) is 52.9 Å². The smallest absolute Gasteiger partial charge is 0.270 e. The van der Waals surface area contributed by atoms with Crippen molar-refractivity contribution in [2.75, 3.05) is 19.0 Å². The van der Waals surface area contributed by atoms with Crippen molar-refractivity contribution in [1.82, 2.24) is 14.9 Å². The van der Waals surface area contributed by atoms with Gasteiger partial charge in [0, 0.05) is 5.56 Å². The Hall–Kier alpha value is -3.02. The van der Waals surface area contributed by atoms with Crippen LogP contribution in [0.4, 0.5) is 5.13 Å². The van der Waals surface area contributed by atoms with Gasteiger partial charge in [0.1, 0.15) is 18.1 Å². The zero-order valence-electron chi connectivity index (χ0n) is 17.2. The van der Waals surface area contributed by atoms with E-state index in [-0.39, 0.29) is 16.1 Å². The number of amides is 1. The monoisotopic (exact) mass is 462 g/mol. The van der Waals surface area contributed by atoms with Crippen LogP contribution in [-0.2, 0) is 10.0 Å². The number of ether oxygens (including phenoxy) is 2. The lowest BCUT2D eigenvalue weighted by Gasteiger charge is -2.14. The van der Waals surface area contributed by atoms with Gasteiger partial charge in [-0.2, -0.15) is 0 Å². The van der Waals surface area contributed by atoms with Gasteiger partial charge in [0.25, 0.3) is 15.9 Å². The van der Waals surface area contributed by atoms with Gasteiger partial charge in [-0.15, -0.1) is 10.2 Å². The first kappa shape index (κ1) is 22.7. The maximum absolute atomic E-state index is 12.6. The lowest BCUT2D eigenvalue weighted by atomic mass is 10.1. The molecule has 0 radical (unpaired) electrons. The van der Waals surface area contributed by atoms with Crippen LogP contribution in [0, 0.1) is 6.92 Å². The van der Waals surface area contributed by atoms with Gasteiger partial charge in [-0.25, -0.2) is 13.1 Å². The third kappa shape index (κ3) is 6.23. The Bertz CT molecular complexity index is 1130. The summed E-state index contributed by atoms with van der Waals surface area (Å²) in [4.78, 5) is 12.3. The maximum Gasteiger partial charge on any atom is 0.270 e. The minimum Gasteiger partial charge on any atom is -0.497 e. The third-order valence-corrected chi connectivity index (χ3v) is 6.88. The standard InChI is InChI=1S/C20H22N4O5S2/c1-13-4-6-15(7-5-13)18(25)21-19-22-23-20(30-19)31(26,27)24-14(2)12-29-17-10-8-16(28-3)9-11-17/h4-11,14,24H,12H2,1-3H3,(H,21,22,25)/t14-/m0/s1. The summed E-state index contributed by atoms with van der Waals surface area (Å²) in [5, 5.41) is 10.1. The highest BCUT2D eigenvalue weighted by Crippen LogP contribution is 2.21. The highest BCUT2D eigenvalue weighted by molar-refractivity contribution is 7.91. The first-order valence-corrected chi connectivity index (χ1v) is 11.6. The molecule has 0 aliphatic rings. The fourth-order valence-corrected chi connectivity index (χ4v) is 4.62. The predicted octanol–water partition coefficient (Wildman–Crippen LogP) is 2.85. The molecule has 11 heteroatoms. The van der Waals surface area contributed by atoms with E-state index in [9.17, 15) is 13.2 Å². The summed E-state index contributed by atoms with van der Waals surface area (Å²) < 4.78 is 38.0. The van der Waals surface area contributed by atoms with Crippen molar-refractivity contribution in [2.24, 2.45) is 0 Å². The molecule has 2 aromatic carbocycles. The van der Waals surface area contributed by atoms with Crippen LogP contribution >= 0.6 is 11.3 Å². The van der Waals surface area contributed by atoms with E-state index in [2.05, 4.69) is 20.2 Å². The highest BCUT2D eigenvalue weighted by atomic mass is 32.2. The number of methoxy groups -OCH3 is 1. The first-order valence-electron chi connectivity index (χ1n) is 9.27. The van der Waals surface area contributed by atoms with Crippen molar-refractivity contribution < 1.29 is 22.7 Å². The SMILES string of the molecule is COc1ccc(OC[C@H](C)NS(=O)(=O)c2nnc(NC(=O)c3ccc(C)cc3)s2)cc1. The number of aryl methyl sites for hydroxylation is 1. The fraction of sp³-hybridized carbons (Fsp3) is 0.250. The Kier molecular flexibility index (Phi) is 7.21. The van der Waals surface area contributed by atoms with Crippen molar-refractivity contribution >= 4 is 32.4 Å². The van der Waals surface area contributed by atoms with Gasteiger partial charge in [-0.1, -0.05) is 29.0 Å². The molecule has 1 atom stereocenters. The number of anilines is 1. The lowest BCUT2D eigenvalue weighted by molar-refractivity contribution is 0.102. The van der Waals surface area contributed by atoms with E-state index in [0.29, 0.717) is 17.1 Å². The molecule has 0 aliphatic carbocycles. The largest absolute Gasteiger partial charge is 0.497 e. The van der Waals surface area contributed by atoms with Crippen molar-refractivity contribution in [2.45, 2.75) is 24.2 Å². The average Bonchev–Trinajstić information content (AvgIpc) is 3.22. The van der Waals surface area contributed by atoms with E-state index < -0.39 is 22.0 Å². The summed E-state index contributed by atoms with van der Waals surface area (Å²) in [6.07, 6.45) is 0. The molecule has 3 aromatic rings. The van der Waals surface area contributed by atoms with Crippen LogP contribution in [0.5, 0.6) is 11.5 Å². The number of nitrogens with zero attached hydrogens (tertiary/aromatic N) is 2. The molecule has 0 spiro atoms. The van der Waals surface area contributed by atoms with E-state index in [4.69, 9.17) is 9.47 Å². The van der Waals surface area contributed by atoms with Crippen LogP contribution in [0.2, 0.25) is 0 Å². The molecule has 0 saturated carbocycles. The van der Waals surface area contributed by atoms with E-state index in [1.165, 1.54) is 0 Å². The van der Waals surface area contributed by atoms with Crippen LogP contribution in [0.3, 0.4) is 0 Å². The number of sulfonamides is 1. The Labute approximate surface area is 184 Å². The maximum atomic E-state index is 12.6. The molecule has 0 unspecified atom stereocenters. The number of carbonyl (C=O) groups excluding carboxylic acids is 1. The molecule has 0 bridgehead atoms. The number of aromatic nitrogens is 2. The number of hydrogen-bond acceptors (Lipinski definition) is 8.